The number of benzene rings is 1. The SMILES string of the molecule is CCc1ccc(C(C)NCC(O)c2cccs2)cc1. The maximum absolute atomic E-state index is 10.0. The molecule has 0 saturated carbocycles. The quantitative estimate of drug-likeness (QED) is 0.842. The summed E-state index contributed by atoms with van der Waals surface area (Å²) in [6.07, 6.45) is 0.650. The number of aryl methyl sites for hydroxylation is 1. The van der Waals surface area contributed by atoms with Crippen LogP contribution in [0.5, 0.6) is 0 Å². The molecule has 2 N–H and O–H groups in total. The Balaban J connectivity index is 1.88. The Morgan fingerprint density at radius 2 is 1.95 bits per heavy atom. The number of nitrogens with one attached hydrogen (secondary N) is 1. The molecular formula is C16H21NOS. The van der Waals surface area contributed by atoms with Crippen LogP contribution in [0.3, 0.4) is 0 Å². The van der Waals surface area contributed by atoms with Gasteiger partial charge in [-0.25, -0.2) is 0 Å². The highest BCUT2D eigenvalue weighted by atomic mass is 32.1. The molecule has 19 heavy (non-hydrogen) atoms. The van der Waals surface area contributed by atoms with Gasteiger partial charge in [-0.3, -0.25) is 0 Å². The molecule has 0 fully saturated rings. The van der Waals surface area contributed by atoms with Crippen LogP contribution in [0.25, 0.3) is 0 Å². The van der Waals surface area contributed by atoms with Crippen molar-refractivity contribution < 1.29 is 5.11 Å². The second kappa shape index (κ2) is 6.85. The molecule has 0 spiro atoms. The van der Waals surface area contributed by atoms with E-state index in [2.05, 4.69) is 43.4 Å². The van der Waals surface area contributed by atoms with Crippen LogP contribution in [0.2, 0.25) is 0 Å². The Kier molecular flexibility index (Phi) is 5.14. The summed E-state index contributed by atoms with van der Waals surface area (Å²) in [4.78, 5) is 1.01. The third kappa shape index (κ3) is 3.90. The van der Waals surface area contributed by atoms with Crippen LogP contribution in [0.4, 0.5) is 0 Å². The van der Waals surface area contributed by atoms with Gasteiger partial charge in [0.1, 0.15) is 6.10 Å². The van der Waals surface area contributed by atoms with Crippen LogP contribution < -0.4 is 5.32 Å². The van der Waals surface area contributed by atoms with Crippen molar-refractivity contribution in [2.45, 2.75) is 32.4 Å². The van der Waals surface area contributed by atoms with E-state index in [1.165, 1.54) is 11.1 Å². The number of rotatable bonds is 6. The van der Waals surface area contributed by atoms with Crippen molar-refractivity contribution in [3.05, 3.63) is 57.8 Å². The molecule has 2 atom stereocenters. The van der Waals surface area contributed by atoms with E-state index in [9.17, 15) is 5.11 Å². The third-order valence-corrected chi connectivity index (χ3v) is 4.35. The molecule has 0 aliphatic rings. The average molecular weight is 275 g/mol. The topological polar surface area (TPSA) is 32.3 Å². The van der Waals surface area contributed by atoms with Gasteiger partial charge in [-0.2, -0.15) is 0 Å². The molecular weight excluding hydrogens is 254 g/mol. The van der Waals surface area contributed by atoms with Crippen molar-refractivity contribution >= 4 is 11.3 Å². The molecule has 1 aromatic heterocycles. The first-order chi connectivity index (χ1) is 9.20. The Morgan fingerprint density at radius 1 is 1.21 bits per heavy atom. The fraction of sp³-hybridized carbons (Fsp3) is 0.375. The van der Waals surface area contributed by atoms with E-state index in [1.54, 1.807) is 11.3 Å². The molecule has 1 heterocycles. The first-order valence-corrected chi connectivity index (χ1v) is 7.62. The van der Waals surface area contributed by atoms with E-state index >= 15 is 0 Å². The van der Waals surface area contributed by atoms with Gasteiger partial charge in [0.05, 0.1) is 0 Å². The third-order valence-electron chi connectivity index (χ3n) is 3.38. The molecule has 0 aliphatic heterocycles. The predicted molar refractivity (Wildman–Crippen MR) is 81.5 cm³/mol. The van der Waals surface area contributed by atoms with Crippen molar-refractivity contribution in [2.24, 2.45) is 0 Å². The molecule has 0 radical (unpaired) electrons. The van der Waals surface area contributed by atoms with Crippen LogP contribution in [0.1, 0.15) is 42.0 Å². The van der Waals surface area contributed by atoms with Gasteiger partial charge in [-0.1, -0.05) is 37.3 Å². The zero-order chi connectivity index (χ0) is 13.7. The van der Waals surface area contributed by atoms with Crippen molar-refractivity contribution in [1.82, 2.24) is 5.32 Å². The van der Waals surface area contributed by atoms with E-state index in [4.69, 9.17) is 0 Å². The van der Waals surface area contributed by atoms with Crippen LogP contribution in [0, 0.1) is 0 Å². The Labute approximate surface area is 119 Å². The predicted octanol–water partition coefficient (Wildman–Crippen LogP) is 3.69. The molecule has 2 rings (SSSR count). The first kappa shape index (κ1) is 14.3. The van der Waals surface area contributed by atoms with E-state index in [0.717, 1.165) is 11.3 Å². The summed E-state index contributed by atoms with van der Waals surface area (Å²) in [5, 5.41) is 15.4. The molecule has 3 heteroatoms. The summed E-state index contributed by atoms with van der Waals surface area (Å²) < 4.78 is 0. The smallest absolute Gasteiger partial charge is 0.101 e. The van der Waals surface area contributed by atoms with Gasteiger partial charge in [0.2, 0.25) is 0 Å². The molecule has 1 aromatic carbocycles. The van der Waals surface area contributed by atoms with E-state index in [1.807, 2.05) is 17.5 Å². The lowest BCUT2D eigenvalue weighted by molar-refractivity contribution is 0.174. The molecule has 0 amide bonds. The summed E-state index contributed by atoms with van der Waals surface area (Å²) in [5.41, 5.74) is 2.62. The number of aliphatic hydroxyl groups is 1. The normalized spacial score (nSPS) is 14.3. The monoisotopic (exact) mass is 275 g/mol. The molecule has 2 unspecified atom stereocenters. The highest BCUT2D eigenvalue weighted by molar-refractivity contribution is 7.10. The first-order valence-electron chi connectivity index (χ1n) is 6.74. The highest BCUT2D eigenvalue weighted by Crippen LogP contribution is 2.19. The van der Waals surface area contributed by atoms with Crippen LogP contribution in [-0.2, 0) is 6.42 Å². The van der Waals surface area contributed by atoms with Gasteiger partial charge in [0.15, 0.2) is 0 Å². The summed E-state index contributed by atoms with van der Waals surface area (Å²) in [6, 6.07) is 12.8. The van der Waals surface area contributed by atoms with Gasteiger partial charge in [0, 0.05) is 17.5 Å². The van der Waals surface area contributed by atoms with Crippen LogP contribution in [-0.4, -0.2) is 11.7 Å². The Bertz CT molecular complexity index is 478. The van der Waals surface area contributed by atoms with E-state index < -0.39 is 6.10 Å². The van der Waals surface area contributed by atoms with Crippen molar-refractivity contribution in [1.29, 1.82) is 0 Å². The fourth-order valence-electron chi connectivity index (χ4n) is 2.03. The minimum absolute atomic E-state index is 0.250. The second-order valence-corrected chi connectivity index (χ2v) is 5.74. The molecule has 0 bridgehead atoms. The zero-order valence-corrected chi connectivity index (χ0v) is 12.3. The maximum Gasteiger partial charge on any atom is 0.101 e. The van der Waals surface area contributed by atoms with Gasteiger partial charge in [0.25, 0.3) is 0 Å². The number of thiophene rings is 1. The Morgan fingerprint density at radius 3 is 2.53 bits per heavy atom. The van der Waals surface area contributed by atoms with Gasteiger partial charge in [-0.15, -0.1) is 11.3 Å². The average Bonchev–Trinajstić information content (AvgIpc) is 2.98. The lowest BCUT2D eigenvalue weighted by Gasteiger charge is -2.17. The highest BCUT2D eigenvalue weighted by Gasteiger charge is 2.11. The van der Waals surface area contributed by atoms with Crippen molar-refractivity contribution in [3.63, 3.8) is 0 Å². The summed E-state index contributed by atoms with van der Waals surface area (Å²) in [7, 11) is 0. The molecule has 2 nitrogen and oxygen atoms in total. The van der Waals surface area contributed by atoms with Gasteiger partial charge < -0.3 is 10.4 Å². The lowest BCUT2D eigenvalue weighted by Crippen LogP contribution is -2.24. The van der Waals surface area contributed by atoms with Gasteiger partial charge in [-0.05, 0) is 35.9 Å². The molecule has 2 aromatic rings. The molecule has 0 saturated heterocycles. The molecule has 102 valence electrons. The van der Waals surface area contributed by atoms with Crippen LogP contribution in [0.15, 0.2) is 41.8 Å². The summed E-state index contributed by atoms with van der Waals surface area (Å²) >= 11 is 1.59. The second-order valence-electron chi connectivity index (χ2n) is 4.76. The van der Waals surface area contributed by atoms with Crippen molar-refractivity contribution in [3.8, 4) is 0 Å². The maximum atomic E-state index is 10.0. The zero-order valence-electron chi connectivity index (χ0n) is 11.5. The molecule has 0 aliphatic carbocycles. The summed E-state index contributed by atoms with van der Waals surface area (Å²) in [5.74, 6) is 0. The number of hydrogen-bond donors (Lipinski definition) is 2. The fourth-order valence-corrected chi connectivity index (χ4v) is 2.74. The summed E-state index contributed by atoms with van der Waals surface area (Å²) in [6.45, 7) is 4.87. The van der Waals surface area contributed by atoms with Crippen molar-refractivity contribution in [2.75, 3.05) is 6.54 Å². The minimum atomic E-state index is -0.419. The lowest BCUT2D eigenvalue weighted by atomic mass is 10.0. The number of aliphatic hydroxyl groups excluding tert-OH is 1. The minimum Gasteiger partial charge on any atom is -0.386 e. The van der Waals surface area contributed by atoms with Crippen LogP contribution >= 0.6 is 11.3 Å². The van der Waals surface area contributed by atoms with Gasteiger partial charge >= 0.3 is 0 Å². The largest absolute Gasteiger partial charge is 0.386 e. The number of hydrogen-bond acceptors (Lipinski definition) is 3. The Hall–Kier alpha value is -1.16. The standard InChI is InChI=1S/C16H21NOS/c1-3-13-6-8-14(9-7-13)12(2)17-11-15(18)16-5-4-10-19-16/h4-10,12,15,17-18H,3,11H2,1-2H3. The van der Waals surface area contributed by atoms with E-state index in [0.29, 0.717) is 6.54 Å². The van der Waals surface area contributed by atoms with E-state index in [-0.39, 0.29) is 6.04 Å².